The van der Waals surface area contributed by atoms with Gasteiger partial charge in [0, 0.05) is 0 Å². The Bertz CT molecular complexity index is 223. The maximum atomic E-state index is 7.29. The molecule has 0 aliphatic heterocycles. The van der Waals surface area contributed by atoms with Gasteiger partial charge < -0.3 is 5.09 Å². The summed E-state index contributed by atoms with van der Waals surface area (Å²) in [7, 11) is 4.21. The lowest BCUT2D eigenvalue weighted by Gasteiger charge is -1.97. The van der Waals surface area contributed by atoms with Gasteiger partial charge in [-0.15, -0.1) is 0 Å². The summed E-state index contributed by atoms with van der Waals surface area (Å²) in [5.74, 6) is 0.718. The molecule has 1 N–H and O–H groups in total. The molecule has 0 aliphatic rings. The molecule has 0 saturated carbocycles. The van der Waals surface area contributed by atoms with Crippen LogP contribution in [-0.4, -0.2) is 12.8 Å². The van der Waals surface area contributed by atoms with Crippen molar-refractivity contribution in [3.63, 3.8) is 0 Å². The number of nitrogens with one attached hydrogen (secondary N) is 1. The number of aromatic nitrogens is 1. The first kappa shape index (κ1) is 5.25. The second-order valence-corrected chi connectivity index (χ2v) is 2.03. The van der Waals surface area contributed by atoms with Crippen molar-refractivity contribution in [2.24, 2.45) is 0 Å². The van der Waals surface area contributed by atoms with Gasteiger partial charge in [0.25, 0.3) is 0 Å². The highest BCUT2D eigenvalue weighted by molar-refractivity contribution is 7.18. The van der Waals surface area contributed by atoms with Crippen LogP contribution in [0.5, 0.6) is 0 Å². The first-order valence-corrected chi connectivity index (χ1v) is 3.22. The molecule has 0 aliphatic carbocycles. The first-order valence-electron chi connectivity index (χ1n) is 3.14. The molecule has 0 amide bonds. The lowest BCUT2D eigenvalue weighted by molar-refractivity contribution is 1.39. The molecule has 0 bridgehead atoms. The highest BCUT2D eigenvalue weighted by Crippen LogP contribution is 1.99. The molecule has 1 rings (SSSR count). The van der Waals surface area contributed by atoms with Crippen LogP contribution >= 0.6 is 9.39 Å². The minimum atomic E-state index is 0.484. The van der Waals surface area contributed by atoms with E-state index >= 15 is 0 Å². The van der Waals surface area contributed by atoms with Crippen LogP contribution in [0.1, 0.15) is 1.37 Å². The van der Waals surface area contributed by atoms with Gasteiger partial charge >= 0.3 is 0 Å². The van der Waals surface area contributed by atoms with E-state index in [1.54, 1.807) is 12.1 Å². The van der Waals surface area contributed by atoms with Gasteiger partial charge in [-0.05, 0) is 21.1 Å². The fourth-order valence-electron chi connectivity index (χ4n) is 0.570. The SMILES string of the molecule is [2H]c1cc(B)nc(NP)c1. The van der Waals surface area contributed by atoms with Crippen molar-refractivity contribution in [1.82, 2.24) is 4.98 Å². The Labute approximate surface area is 59.1 Å². The summed E-state index contributed by atoms with van der Waals surface area (Å²) in [4.78, 5) is 4.10. The number of nitrogens with zero attached hydrogens (tertiary/aromatic N) is 1. The zero-order chi connectivity index (χ0) is 7.56. The molecule has 1 heterocycles. The van der Waals surface area contributed by atoms with Crippen molar-refractivity contribution in [2.45, 2.75) is 0 Å². The van der Waals surface area contributed by atoms with Crippen LogP contribution in [-0.2, 0) is 0 Å². The predicted molar refractivity (Wildman–Crippen MR) is 45.7 cm³/mol. The Kier molecular flexibility index (Phi) is 1.65. The van der Waals surface area contributed by atoms with Gasteiger partial charge in [-0.2, -0.15) is 0 Å². The molecule has 2 nitrogen and oxygen atoms in total. The summed E-state index contributed by atoms with van der Waals surface area (Å²) in [5.41, 5.74) is 0.859. The van der Waals surface area contributed by atoms with Gasteiger partial charge in [0.1, 0.15) is 5.82 Å². The molecule has 1 unspecified atom stereocenters. The zero-order valence-corrected chi connectivity index (χ0v) is 6.33. The van der Waals surface area contributed by atoms with Crippen molar-refractivity contribution in [1.29, 1.82) is 0 Å². The maximum Gasteiger partial charge on any atom is 0.164 e. The standard InChI is InChI=1S/C5H8BN2P/c6-4-2-1-3-5(7-4)8-9/h1-3H,6,9H2,(H,7,8)/i1D. The molecule has 9 heavy (non-hydrogen) atoms. The van der Waals surface area contributed by atoms with Crippen LogP contribution in [0.3, 0.4) is 0 Å². The van der Waals surface area contributed by atoms with Gasteiger partial charge in [0.05, 0.1) is 1.37 Å². The van der Waals surface area contributed by atoms with E-state index in [9.17, 15) is 0 Å². The van der Waals surface area contributed by atoms with Crippen molar-refractivity contribution in [3.05, 3.63) is 18.2 Å². The topological polar surface area (TPSA) is 24.9 Å². The number of rotatable bonds is 1. The van der Waals surface area contributed by atoms with E-state index in [-0.39, 0.29) is 0 Å². The molecule has 0 fully saturated rings. The van der Waals surface area contributed by atoms with Crippen molar-refractivity contribution in [3.8, 4) is 0 Å². The summed E-state index contributed by atoms with van der Waals surface area (Å²) >= 11 is 0. The molecule has 0 spiro atoms. The van der Waals surface area contributed by atoms with E-state index in [0.29, 0.717) is 6.04 Å². The minimum Gasteiger partial charge on any atom is -0.355 e. The van der Waals surface area contributed by atoms with E-state index < -0.39 is 0 Å². The van der Waals surface area contributed by atoms with Crippen LogP contribution in [0.4, 0.5) is 5.82 Å². The van der Waals surface area contributed by atoms with Crippen molar-refractivity contribution < 1.29 is 1.37 Å². The van der Waals surface area contributed by atoms with Gasteiger partial charge in [0.2, 0.25) is 0 Å². The van der Waals surface area contributed by atoms with Crippen molar-refractivity contribution >= 4 is 28.6 Å². The number of hydrogen-bond donors (Lipinski definition) is 1. The average molecular weight is 139 g/mol. The molecule has 1 aromatic heterocycles. The summed E-state index contributed by atoms with van der Waals surface area (Å²) in [6.07, 6.45) is 0. The Morgan fingerprint density at radius 2 is 2.56 bits per heavy atom. The third-order valence-corrected chi connectivity index (χ3v) is 1.25. The van der Waals surface area contributed by atoms with Crippen LogP contribution in [0.15, 0.2) is 18.2 Å². The van der Waals surface area contributed by atoms with Crippen LogP contribution < -0.4 is 10.7 Å². The lowest BCUT2D eigenvalue weighted by atomic mass is 10.0. The molecule has 1 atom stereocenters. The van der Waals surface area contributed by atoms with E-state index in [0.717, 1.165) is 11.4 Å². The third kappa shape index (κ3) is 1.69. The van der Waals surface area contributed by atoms with Crippen LogP contribution in [0, 0.1) is 0 Å². The quantitative estimate of drug-likeness (QED) is 0.420. The summed E-state index contributed by atoms with van der Waals surface area (Å²) in [6, 6.07) is 3.86. The largest absolute Gasteiger partial charge is 0.355 e. The number of hydrogen-bond acceptors (Lipinski definition) is 2. The third-order valence-electron chi connectivity index (χ3n) is 0.957. The zero-order valence-electron chi connectivity index (χ0n) is 6.18. The number of pyridine rings is 1. The molecular formula is C5H8BN2P. The highest BCUT2D eigenvalue weighted by atomic mass is 31.0. The second kappa shape index (κ2) is 2.83. The maximum absolute atomic E-state index is 7.29. The molecule has 0 radical (unpaired) electrons. The fourth-order valence-corrected chi connectivity index (χ4v) is 0.718. The molecule has 0 saturated heterocycles. The minimum absolute atomic E-state index is 0.484. The van der Waals surface area contributed by atoms with E-state index in [4.69, 9.17) is 1.37 Å². The summed E-state index contributed by atoms with van der Waals surface area (Å²) in [5, 5.41) is 2.79. The average Bonchev–Trinajstić information content (AvgIpc) is 1.85. The Balaban J connectivity index is 3.06. The summed E-state index contributed by atoms with van der Waals surface area (Å²) < 4.78 is 7.29. The molecular weight excluding hydrogens is 130 g/mol. The highest BCUT2D eigenvalue weighted by Gasteiger charge is 1.86. The smallest absolute Gasteiger partial charge is 0.164 e. The molecule has 46 valence electrons. The van der Waals surface area contributed by atoms with Gasteiger partial charge in [0.15, 0.2) is 7.85 Å². The lowest BCUT2D eigenvalue weighted by Crippen LogP contribution is -2.07. The van der Waals surface area contributed by atoms with E-state index in [1.165, 1.54) is 0 Å². The summed E-state index contributed by atoms with van der Waals surface area (Å²) in [6.45, 7) is 0. The molecule has 1 aromatic rings. The second-order valence-electron chi connectivity index (χ2n) is 1.74. The normalized spacial score (nSPS) is 10.6. The van der Waals surface area contributed by atoms with Crippen LogP contribution in [0.25, 0.3) is 0 Å². The monoisotopic (exact) mass is 139 g/mol. The first-order chi connectivity index (χ1) is 4.72. The van der Waals surface area contributed by atoms with Gasteiger partial charge in [-0.25, -0.2) is 4.98 Å². The Hall–Kier alpha value is -0.555. The fraction of sp³-hybridized carbons (Fsp3) is 0. The molecule has 4 heteroatoms. The predicted octanol–water partition coefficient (Wildman–Crippen LogP) is -0.458. The Morgan fingerprint density at radius 1 is 1.78 bits per heavy atom. The van der Waals surface area contributed by atoms with Crippen LogP contribution in [0.2, 0.25) is 0 Å². The van der Waals surface area contributed by atoms with Gasteiger partial charge in [-0.1, -0.05) is 12.1 Å². The van der Waals surface area contributed by atoms with Gasteiger partial charge in [-0.3, -0.25) is 0 Å². The molecule has 0 aromatic carbocycles. The number of anilines is 1. The van der Waals surface area contributed by atoms with E-state index in [1.807, 2.05) is 7.85 Å². The van der Waals surface area contributed by atoms with Crippen molar-refractivity contribution in [2.75, 3.05) is 5.09 Å². The Morgan fingerprint density at radius 3 is 3.11 bits per heavy atom. The van der Waals surface area contributed by atoms with E-state index in [2.05, 4.69) is 19.5 Å².